The van der Waals surface area contributed by atoms with E-state index in [2.05, 4.69) is 5.32 Å². The first-order chi connectivity index (χ1) is 13.9. The number of non-ortho nitro benzene ring substituents is 1. The summed E-state index contributed by atoms with van der Waals surface area (Å²) in [6, 6.07) is 21.8. The van der Waals surface area contributed by atoms with E-state index in [1.54, 1.807) is 67.6 Å². The molecule has 0 spiro atoms. The van der Waals surface area contributed by atoms with Gasteiger partial charge in [0.2, 0.25) is 5.91 Å². The Morgan fingerprint density at radius 1 is 0.931 bits per heavy atom. The highest BCUT2D eigenvalue weighted by atomic mass is 32.2. The zero-order valence-corrected chi connectivity index (χ0v) is 16.4. The standard InChI is InChI=1S/C22H18N2O4S/c1-15(29-20-12-10-19(11-13-20)24(27)28)22(26)23-18-9-5-8-17(14-18)21(25)16-6-3-2-4-7-16/h2-15H,1H3,(H,23,26). The predicted octanol–water partition coefficient (Wildman–Crippen LogP) is 4.95. The van der Waals surface area contributed by atoms with Crippen LogP contribution >= 0.6 is 11.8 Å². The molecule has 146 valence electrons. The van der Waals surface area contributed by atoms with Crippen LogP contribution in [0.3, 0.4) is 0 Å². The zero-order chi connectivity index (χ0) is 20.8. The zero-order valence-electron chi connectivity index (χ0n) is 15.6. The van der Waals surface area contributed by atoms with Gasteiger partial charge in [-0.2, -0.15) is 0 Å². The van der Waals surface area contributed by atoms with E-state index in [4.69, 9.17) is 0 Å². The fourth-order valence-corrected chi connectivity index (χ4v) is 3.51. The van der Waals surface area contributed by atoms with Gasteiger partial charge < -0.3 is 5.32 Å². The number of hydrogen-bond donors (Lipinski definition) is 1. The maximum Gasteiger partial charge on any atom is 0.269 e. The lowest BCUT2D eigenvalue weighted by atomic mass is 10.0. The molecule has 1 amide bonds. The Morgan fingerprint density at radius 3 is 2.24 bits per heavy atom. The lowest BCUT2D eigenvalue weighted by Crippen LogP contribution is -2.22. The Balaban J connectivity index is 1.65. The van der Waals surface area contributed by atoms with Crippen molar-refractivity contribution in [2.75, 3.05) is 5.32 Å². The number of carbonyl (C=O) groups is 2. The molecule has 0 aromatic heterocycles. The molecule has 7 heteroatoms. The highest BCUT2D eigenvalue weighted by molar-refractivity contribution is 8.00. The molecule has 3 rings (SSSR count). The van der Waals surface area contributed by atoms with Gasteiger partial charge in [0.1, 0.15) is 0 Å². The van der Waals surface area contributed by atoms with Crippen LogP contribution in [0.15, 0.2) is 83.8 Å². The van der Waals surface area contributed by atoms with E-state index < -0.39 is 10.2 Å². The van der Waals surface area contributed by atoms with Crippen molar-refractivity contribution in [2.45, 2.75) is 17.1 Å². The molecule has 0 fully saturated rings. The number of rotatable bonds is 7. The topological polar surface area (TPSA) is 89.3 Å². The number of amides is 1. The molecule has 1 unspecified atom stereocenters. The van der Waals surface area contributed by atoms with Gasteiger partial charge >= 0.3 is 0 Å². The van der Waals surface area contributed by atoms with E-state index in [1.165, 1.54) is 23.9 Å². The molecule has 6 nitrogen and oxygen atoms in total. The minimum Gasteiger partial charge on any atom is -0.325 e. The molecule has 0 aliphatic carbocycles. The minimum absolute atomic E-state index is 0.00588. The second kappa shape index (κ2) is 9.16. The highest BCUT2D eigenvalue weighted by Crippen LogP contribution is 2.26. The van der Waals surface area contributed by atoms with Crippen LogP contribution in [-0.2, 0) is 4.79 Å². The van der Waals surface area contributed by atoms with Crippen molar-refractivity contribution < 1.29 is 14.5 Å². The van der Waals surface area contributed by atoms with Crippen molar-refractivity contribution >= 4 is 34.8 Å². The van der Waals surface area contributed by atoms with Crippen LogP contribution < -0.4 is 5.32 Å². The van der Waals surface area contributed by atoms with Gasteiger partial charge in [0, 0.05) is 33.8 Å². The Kier molecular flexibility index (Phi) is 6.41. The smallest absolute Gasteiger partial charge is 0.269 e. The van der Waals surface area contributed by atoms with Gasteiger partial charge in [0.15, 0.2) is 5.78 Å². The van der Waals surface area contributed by atoms with Gasteiger partial charge in [0.25, 0.3) is 5.69 Å². The number of anilines is 1. The van der Waals surface area contributed by atoms with E-state index >= 15 is 0 Å². The Labute approximate surface area is 172 Å². The number of nitro groups is 1. The maximum atomic E-state index is 12.6. The molecule has 0 saturated carbocycles. The monoisotopic (exact) mass is 406 g/mol. The highest BCUT2D eigenvalue weighted by Gasteiger charge is 2.16. The van der Waals surface area contributed by atoms with E-state index in [9.17, 15) is 19.7 Å². The average molecular weight is 406 g/mol. The van der Waals surface area contributed by atoms with Gasteiger partial charge in [-0.05, 0) is 31.2 Å². The number of nitrogens with one attached hydrogen (secondary N) is 1. The molecule has 1 N–H and O–H groups in total. The summed E-state index contributed by atoms with van der Waals surface area (Å²) in [6.45, 7) is 1.75. The second-order valence-electron chi connectivity index (χ2n) is 6.28. The fourth-order valence-electron chi connectivity index (χ4n) is 2.64. The molecule has 0 aliphatic rings. The van der Waals surface area contributed by atoms with Crippen LogP contribution in [0, 0.1) is 10.1 Å². The average Bonchev–Trinajstić information content (AvgIpc) is 2.74. The Bertz CT molecular complexity index is 1040. The molecule has 3 aromatic carbocycles. The predicted molar refractivity (Wildman–Crippen MR) is 113 cm³/mol. The number of carbonyl (C=O) groups excluding carboxylic acids is 2. The number of ketones is 1. The summed E-state index contributed by atoms with van der Waals surface area (Å²) >= 11 is 1.30. The molecule has 0 heterocycles. The van der Waals surface area contributed by atoms with Crippen LogP contribution in [0.5, 0.6) is 0 Å². The molecule has 0 radical (unpaired) electrons. The van der Waals surface area contributed by atoms with E-state index in [1.807, 2.05) is 6.07 Å². The van der Waals surface area contributed by atoms with Gasteiger partial charge in [-0.15, -0.1) is 11.8 Å². The largest absolute Gasteiger partial charge is 0.325 e. The lowest BCUT2D eigenvalue weighted by Gasteiger charge is -2.12. The summed E-state index contributed by atoms with van der Waals surface area (Å²) in [5, 5.41) is 13.1. The van der Waals surface area contributed by atoms with E-state index in [-0.39, 0.29) is 17.4 Å². The molecule has 0 aliphatic heterocycles. The number of thioether (sulfide) groups is 1. The first-order valence-corrected chi connectivity index (χ1v) is 9.74. The Hall–Kier alpha value is -3.45. The fraction of sp³-hybridized carbons (Fsp3) is 0.0909. The van der Waals surface area contributed by atoms with Gasteiger partial charge in [-0.25, -0.2) is 0 Å². The third-order valence-corrected chi connectivity index (χ3v) is 5.27. The van der Waals surface area contributed by atoms with Crippen molar-refractivity contribution in [2.24, 2.45) is 0 Å². The Morgan fingerprint density at radius 2 is 1.59 bits per heavy atom. The van der Waals surface area contributed by atoms with Crippen molar-refractivity contribution in [3.63, 3.8) is 0 Å². The van der Waals surface area contributed by atoms with E-state index in [0.717, 1.165) is 4.90 Å². The van der Waals surface area contributed by atoms with Crippen molar-refractivity contribution in [1.29, 1.82) is 0 Å². The van der Waals surface area contributed by atoms with Crippen LogP contribution in [-0.4, -0.2) is 21.9 Å². The second-order valence-corrected chi connectivity index (χ2v) is 7.69. The molecular formula is C22H18N2O4S. The van der Waals surface area contributed by atoms with Crippen LogP contribution in [0.2, 0.25) is 0 Å². The third-order valence-electron chi connectivity index (χ3n) is 4.16. The third kappa shape index (κ3) is 5.30. The molecule has 0 saturated heterocycles. The van der Waals surface area contributed by atoms with Crippen LogP contribution in [0.25, 0.3) is 0 Å². The number of nitro benzene ring substituents is 1. The van der Waals surface area contributed by atoms with Gasteiger partial charge in [0.05, 0.1) is 10.2 Å². The van der Waals surface area contributed by atoms with Gasteiger partial charge in [-0.3, -0.25) is 19.7 Å². The number of benzene rings is 3. The molecule has 29 heavy (non-hydrogen) atoms. The minimum atomic E-state index is -0.464. The summed E-state index contributed by atoms with van der Waals surface area (Å²) in [6.07, 6.45) is 0. The van der Waals surface area contributed by atoms with Crippen molar-refractivity contribution in [1.82, 2.24) is 0 Å². The summed E-state index contributed by atoms with van der Waals surface area (Å²) < 4.78 is 0. The summed E-state index contributed by atoms with van der Waals surface area (Å²) in [5.74, 6) is -0.340. The van der Waals surface area contributed by atoms with Crippen molar-refractivity contribution in [3.05, 3.63) is 100 Å². The van der Waals surface area contributed by atoms with E-state index in [0.29, 0.717) is 16.8 Å². The number of hydrogen-bond acceptors (Lipinski definition) is 5. The molecule has 1 atom stereocenters. The number of nitrogens with zero attached hydrogens (tertiary/aromatic N) is 1. The molecule has 3 aromatic rings. The first-order valence-electron chi connectivity index (χ1n) is 8.86. The van der Waals surface area contributed by atoms with Crippen molar-refractivity contribution in [3.8, 4) is 0 Å². The summed E-state index contributed by atoms with van der Waals surface area (Å²) in [4.78, 5) is 36.1. The first kappa shape index (κ1) is 20.3. The summed E-state index contributed by atoms with van der Waals surface area (Å²) in [5.41, 5.74) is 1.61. The molecule has 0 bridgehead atoms. The van der Waals surface area contributed by atoms with Gasteiger partial charge in [-0.1, -0.05) is 42.5 Å². The molecular weight excluding hydrogens is 388 g/mol. The quantitative estimate of drug-likeness (QED) is 0.260. The normalized spacial score (nSPS) is 11.5. The maximum absolute atomic E-state index is 12.6. The van der Waals surface area contributed by atoms with Crippen LogP contribution in [0.4, 0.5) is 11.4 Å². The SMILES string of the molecule is CC(Sc1ccc([N+](=O)[O-])cc1)C(=O)Nc1cccc(C(=O)c2ccccc2)c1. The van der Waals surface area contributed by atoms with Crippen LogP contribution in [0.1, 0.15) is 22.8 Å². The summed E-state index contributed by atoms with van der Waals surface area (Å²) in [7, 11) is 0. The lowest BCUT2D eigenvalue weighted by molar-refractivity contribution is -0.384.